The van der Waals surface area contributed by atoms with E-state index in [9.17, 15) is 4.79 Å². The van der Waals surface area contributed by atoms with Crippen LogP contribution in [0.4, 0.5) is 4.79 Å². The van der Waals surface area contributed by atoms with Gasteiger partial charge in [-0.3, -0.25) is 0 Å². The number of piperidine rings is 1. The quantitative estimate of drug-likeness (QED) is 0.589. The Hall–Kier alpha value is -0.990. The van der Waals surface area contributed by atoms with Gasteiger partial charge < -0.3 is 10.2 Å². The molecule has 1 saturated heterocycles. The van der Waals surface area contributed by atoms with E-state index in [0.717, 1.165) is 19.4 Å². The second-order valence-corrected chi connectivity index (χ2v) is 3.05. The van der Waals surface area contributed by atoms with Crippen LogP contribution >= 0.6 is 0 Å². The molecule has 12 heavy (non-hydrogen) atoms. The topological polar surface area (TPSA) is 32.3 Å². The monoisotopic (exact) mass is 168 g/mol. The van der Waals surface area contributed by atoms with Gasteiger partial charge in [0.1, 0.15) is 0 Å². The second kappa shape index (κ2) is 4.14. The van der Waals surface area contributed by atoms with Crippen LogP contribution in [0.15, 0.2) is 12.7 Å². The Balaban J connectivity index is 2.58. The van der Waals surface area contributed by atoms with Gasteiger partial charge in [-0.15, -0.1) is 6.58 Å². The Labute approximate surface area is 73.4 Å². The van der Waals surface area contributed by atoms with Crippen LogP contribution in [-0.4, -0.2) is 30.6 Å². The van der Waals surface area contributed by atoms with Crippen molar-refractivity contribution < 1.29 is 4.79 Å². The number of urea groups is 1. The number of amides is 2. The van der Waals surface area contributed by atoms with Crippen LogP contribution in [0, 0.1) is 0 Å². The summed E-state index contributed by atoms with van der Waals surface area (Å²) in [6.07, 6.45) is 5.22. The molecule has 0 aromatic heterocycles. The van der Waals surface area contributed by atoms with Crippen molar-refractivity contribution in [1.29, 1.82) is 0 Å². The SMILES string of the molecule is C=CC1CCCCN1C(=O)NC. The molecule has 0 spiro atoms. The molecular weight excluding hydrogens is 152 g/mol. The molecule has 1 fully saturated rings. The molecule has 3 heteroatoms. The van der Waals surface area contributed by atoms with Crippen molar-refractivity contribution in [2.75, 3.05) is 13.6 Å². The standard InChI is InChI=1S/C9H16N2O/c1-3-8-6-4-5-7-11(8)9(12)10-2/h3,8H,1,4-7H2,2H3,(H,10,12). The first-order valence-electron chi connectivity index (χ1n) is 4.40. The van der Waals surface area contributed by atoms with Crippen molar-refractivity contribution in [3.05, 3.63) is 12.7 Å². The van der Waals surface area contributed by atoms with Crippen LogP contribution in [0.25, 0.3) is 0 Å². The number of carbonyl (C=O) groups excluding carboxylic acids is 1. The lowest BCUT2D eigenvalue weighted by Gasteiger charge is -2.33. The summed E-state index contributed by atoms with van der Waals surface area (Å²) >= 11 is 0. The second-order valence-electron chi connectivity index (χ2n) is 3.05. The molecule has 0 bridgehead atoms. The van der Waals surface area contributed by atoms with Gasteiger partial charge >= 0.3 is 6.03 Å². The molecule has 1 rings (SSSR count). The zero-order valence-corrected chi connectivity index (χ0v) is 7.55. The Kier molecular flexibility index (Phi) is 3.14. The maximum absolute atomic E-state index is 11.3. The van der Waals surface area contributed by atoms with Gasteiger partial charge in [0.25, 0.3) is 0 Å². The Bertz CT molecular complexity index is 179. The van der Waals surface area contributed by atoms with Gasteiger partial charge in [0.15, 0.2) is 0 Å². The average molecular weight is 168 g/mol. The summed E-state index contributed by atoms with van der Waals surface area (Å²) in [6, 6.07) is 0.248. The molecule has 1 unspecified atom stereocenters. The molecule has 0 aromatic rings. The number of nitrogens with zero attached hydrogens (tertiary/aromatic N) is 1. The minimum Gasteiger partial charge on any atom is -0.341 e. The number of nitrogens with one attached hydrogen (secondary N) is 1. The highest BCUT2D eigenvalue weighted by atomic mass is 16.2. The zero-order valence-electron chi connectivity index (χ0n) is 7.55. The molecule has 0 aromatic carbocycles. The number of carbonyl (C=O) groups is 1. The van der Waals surface area contributed by atoms with Crippen LogP contribution in [-0.2, 0) is 0 Å². The summed E-state index contributed by atoms with van der Waals surface area (Å²) in [5, 5.41) is 2.64. The van der Waals surface area contributed by atoms with E-state index in [4.69, 9.17) is 0 Å². The van der Waals surface area contributed by atoms with Crippen molar-refractivity contribution in [1.82, 2.24) is 10.2 Å². The Morgan fingerprint density at radius 3 is 3.00 bits per heavy atom. The van der Waals surface area contributed by atoms with Gasteiger partial charge in [0.05, 0.1) is 6.04 Å². The first kappa shape index (κ1) is 9.10. The summed E-state index contributed by atoms with van der Waals surface area (Å²) in [4.78, 5) is 13.1. The van der Waals surface area contributed by atoms with Gasteiger partial charge in [0, 0.05) is 13.6 Å². The molecular formula is C9H16N2O. The van der Waals surface area contributed by atoms with E-state index >= 15 is 0 Å². The molecule has 1 atom stereocenters. The Morgan fingerprint density at radius 2 is 2.42 bits per heavy atom. The normalized spacial score (nSPS) is 23.4. The fourth-order valence-corrected chi connectivity index (χ4v) is 1.60. The van der Waals surface area contributed by atoms with Crippen molar-refractivity contribution in [2.45, 2.75) is 25.3 Å². The molecule has 1 heterocycles. The largest absolute Gasteiger partial charge is 0.341 e. The van der Waals surface area contributed by atoms with Crippen LogP contribution in [0.1, 0.15) is 19.3 Å². The predicted octanol–water partition coefficient (Wildman–Crippen LogP) is 1.37. The van der Waals surface area contributed by atoms with E-state index in [-0.39, 0.29) is 12.1 Å². The van der Waals surface area contributed by atoms with E-state index in [0.29, 0.717) is 0 Å². The summed E-state index contributed by atoms with van der Waals surface area (Å²) in [5.74, 6) is 0. The van der Waals surface area contributed by atoms with E-state index in [2.05, 4.69) is 11.9 Å². The summed E-state index contributed by atoms with van der Waals surface area (Å²) in [5.41, 5.74) is 0. The minimum atomic E-state index is 0.0135. The molecule has 0 aliphatic carbocycles. The predicted molar refractivity (Wildman–Crippen MR) is 49.0 cm³/mol. The van der Waals surface area contributed by atoms with Gasteiger partial charge in [-0.2, -0.15) is 0 Å². The molecule has 3 nitrogen and oxygen atoms in total. The fraction of sp³-hybridized carbons (Fsp3) is 0.667. The van der Waals surface area contributed by atoms with E-state index < -0.39 is 0 Å². The third-order valence-electron chi connectivity index (χ3n) is 2.30. The third-order valence-corrected chi connectivity index (χ3v) is 2.30. The number of hydrogen-bond donors (Lipinski definition) is 1. The lowest BCUT2D eigenvalue weighted by atomic mass is 10.0. The average Bonchev–Trinajstić information content (AvgIpc) is 2.16. The molecule has 68 valence electrons. The lowest BCUT2D eigenvalue weighted by molar-refractivity contribution is 0.169. The van der Waals surface area contributed by atoms with Crippen LogP contribution in [0.2, 0.25) is 0 Å². The maximum Gasteiger partial charge on any atom is 0.317 e. The lowest BCUT2D eigenvalue weighted by Crippen LogP contribution is -2.46. The van der Waals surface area contributed by atoms with Crippen molar-refractivity contribution in [3.63, 3.8) is 0 Å². The number of hydrogen-bond acceptors (Lipinski definition) is 1. The first-order chi connectivity index (χ1) is 5.79. The van der Waals surface area contributed by atoms with E-state index in [1.807, 2.05) is 11.0 Å². The highest BCUT2D eigenvalue weighted by Crippen LogP contribution is 2.17. The molecule has 0 radical (unpaired) electrons. The first-order valence-corrected chi connectivity index (χ1v) is 4.40. The van der Waals surface area contributed by atoms with Gasteiger partial charge in [-0.05, 0) is 19.3 Å². The van der Waals surface area contributed by atoms with E-state index in [1.54, 1.807) is 7.05 Å². The number of rotatable bonds is 1. The number of likely N-dealkylation sites (tertiary alicyclic amines) is 1. The summed E-state index contributed by atoms with van der Waals surface area (Å²) < 4.78 is 0. The highest BCUT2D eigenvalue weighted by Gasteiger charge is 2.22. The van der Waals surface area contributed by atoms with Crippen molar-refractivity contribution >= 4 is 6.03 Å². The zero-order chi connectivity index (χ0) is 8.97. The minimum absolute atomic E-state index is 0.0135. The highest BCUT2D eigenvalue weighted by molar-refractivity contribution is 5.74. The van der Waals surface area contributed by atoms with Gasteiger partial charge in [-0.1, -0.05) is 6.08 Å². The van der Waals surface area contributed by atoms with Crippen LogP contribution < -0.4 is 5.32 Å². The smallest absolute Gasteiger partial charge is 0.317 e. The molecule has 1 aliphatic heterocycles. The molecule has 1 N–H and O–H groups in total. The fourth-order valence-electron chi connectivity index (χ4n) is 1.60. The van der Waals surface area contributed by atoms with Gasteiger partial charge in [-0.25, -0.2) is 4.79 Å². The summed E-state index contributed by atoms with van der Waals surface area (Å²) in [7, 11) is 1.66. The van der Waals surface area contributed by atoms with Crippen LogP contribution in [0.5, 0.6) is 0 Å². The summed E-state index contributed by atoms with van der Waals surface area (Å²) in [6.45, 7) is 4.59. The molecule has 1 aliphatic rings. The third kappa shape index (κ3) is 1.78. The molecule has 0 saturated carbocycles. The maximum atomic E-state index is 11.3. The van der Waals surface area contributed by atoms with Crippen molar-refractivity contribution in [3.8, 4) is 0 Å². The van der Waals surface area contributed by atoms with Crippen molar-refractivity contribution in [2.24, 2.45) is 0 Å². The molecule has 2 amide bonds. The Morgan fingerprint density at radius 1 is 1.67 bits per heavy atom. The van der Waals surface area contributed by atoms with Gasteiger partial charge in [0.2, 0.25) is 0 Å². The van der Waals surface area contributed by atoms with Crippen LogP contribution in [0.3, 0.4) is 0 Å². The van der Waals surface area contributed by atoms with E-state index in [1.165, 1.54) is 6.42 Å².